The van der Waals surface area contributed by atoms with Gasteiger partial charge in [-0.2, -0.15) is 0 Å². The average molecular weight is 421 g/mol. The predicted molar refractivity (Wildman–Crippen MR) is 110 cm³/mol. The fourth-order valence-corrected chi connectivity index (χ4v) is 7.50. The quantitative estimate of drug-likeness (QED) is 0.763. The van der Waals surface area contributed by atoms with E-state index in [1.807, 2.05) is 42.6 Å². The minimum Gasteiger partial charge on any atom is -0.383 e. The minimum absolute atomic E-state index is 0.00210. The van der Waals surface area contributed by atoms with E-state index in [0.29, 0.717) is 39.1 Å². The van der Waals surface area contributed by atoms with Crippen molar-refractivity contribution in [3.8, 4) is 0 Å². The molecular weight excluding hydrogens is 396 g/mol. The van der Waals surface area contributed by atoms with E-state index in [-0.39, 0.29) is 5.91 Å². The Labute approximate surface area is 169 Å². The number of carbonyl (C=O) groups is 1. The third-order valence-corrected chi connectivity index (χ3v) is 9.44. The molecule has 8 heteroatoms. The molecule has 1 aromatic carbocycles. The number of hydrogen-bond donors (Lipinski definition) is 0. The highest BCUT2D eigenvalue weighted by molar-refractivity contribution is 7.94. The molecule has 0 aliphatic carbocycles. The first kappa shape index (κ1) is 19.4. The summed E-state index contributed by atoms with van der Waals surface area (Å²) in [6.07, 6.45) is 0.817. The van der Waals surface area contributed by atoms with Gasteiger partial charge in [0.25, 0.3) is 5.91 Å². The molecule has 3 heterocycles. The van der Waals surface area contributed by atoms with Gasteiger partial charge in [-0.25, -0.2) is 8.42 Å². The van der Waals surface area contributed by atoms with Crippen LogP contribution < -0.4 is 4.31 Å². The molecule has 2 aromatic rings. The number of methoxy groups -OCH3 is 1. The number of carbonyl (C=O) groups excluding carboxylic acids is 1. The van der Waals surface area contributed by atoms with E-state index >= 15 is 0 Å². The van der Waals surface area contributed by atoms with Gasteiger partial charge in [0.1, 0.15) is 4.75 Å². The average Bonchev–Trinajstić information content (AvgIpc) is 3.20. The Bertz CT molecular complexity index is 991. The molecule has 4 rings (SSSR count). The predicted octanol–water partition coefficient (Wildman–Crippen LogP) is 2.98. The van der Waals surface area contributed by atoms with Crippen LogP contribution in [0.2, 0.25) is 0 Å². The number of aryl methyl sites for hydroxylation is 1. The lowest BCUT2D eigenvalue weighted by molar-refractivity contribution is 0.0705. The number of hydrogen-bond acceptors (Lipinski definition) is 5. The Balaban J connectivity index is 1.64. The molecule has 1 aromatic heterocycles. The van der Waals surface area contributed by atoms with E-state index < -0.39 is 14.8 Å². The van der Waals surface area contributed by atoms with Gasteiger partial charge in [0, 0.05) is 20.2 Å². The molecule has 150 valence electrons. The van der Waals surface area contributed by atoms with Crippen LogP contribution in [-0.2, 0) is 19.5 Å². The molecule has 0 atom stereocenters. The molecule has 1 saturated heterocycles. The van der Waals surface area contributed by atoms with E-state index in [1.165, 1.54) is 15.6 Å². The number of nitrogens with zero attached hydrogens (tertiary/aromatic N) is 2. The van der Waals surface area contributed by atoms with Gasteiger partial charge >= 0.3 is 0 Å². The summed E-state index contributed by atoms with van der Waals surface area (Å²) in [4.78, 5) is 15.4. The zero-order valence-corrected chi connectivity index (χ0v) is 17.7. The van der Waals surface area contributed by atoms with Crippen molar-refractivity contribution in [3.05, 3.63) is 51.7 Å². The molecule has 6 nitrogen and oxygen atoms in total. The lowest BCUT2D eigenvalue weighted by Crippen LogP contribution is -2.50. The number of ether oxygens (including phenoxy) is 1. The first-order valence-electron chi connectivity index (χ1n) is 9.36. The Morgan fingerprint density at radius 3 is 2.57 bits per heavy atom. The summed E-state index contributed by atoms with van der Waals surface area (Å²) >= 11 is 1.44. The summed E-state index contributed by atoms with van der Waals surface area (Å²) in [6, 6.07) is 9.48. The van der Waals surface area contributed by atoms with E-state index in [2.05, 4.69) is 0 Å². The van der Waals surface area contributed by atoms with Gasteiger partial charge in [-0.1, -0.05) is 18.2 Å². The highest BCUT2D eigenvalue weighted by Crippen LogP contribution is 2.52. The number of sulfonamides is 1. The number of rotatable bonds is 4. The van der Waals surface area contributed by atoms with Gasteiger partial charge in [0.05, 0.1) is 23.7 Å². The normalized spacial score (nSPS) is 19.8. The summed E-state index contributed by atoms with van der Waals surface area (Å²) in [5.41, 5.74) is 2.57. The second-order valence-corrected chi connectivity index (χ2v) is 10.4. The van der Waals surface area contributed by atoms with E-state index in [0.717, 1.165) is 21.7 Å². The SMILES string of the molecule is COCCN1c2ccccc2C2(CCN(C(=O)c3sccc3C)CC2)S1(=O)=O. The maximum atomic E-state index is 13.6. The van der Waals surface area contributed by atoms with Gasteiger partial charge in [0.15, 0.2) is 0 Å². The smallest absolute Gasteiger partial charge is 0.264 e. The van der Waals surface area contributed by atoms with E-state index in [1.54, 1.807) is 12.0 Å². The van der Waals surface area contributed by atoms with Crippen LogP contribution >= 0.6 is 11.3 Å². The number of thiophene rings is 1. The van der Waals surface area contributed by atoms with Crippen molar-refractivity contribution in [2.24, 2.45) is 0 Å². The number of anilines is 1. The fourth-order valence-electron chi connectivity index (χ4n) is 4.30. The number of piperidine rings is 1. The molecule has 0 unspecified atom stereocenters. The molecule has 1 amide bonds. The van der Waals surface area contributed by atoms with Crippen molar-refractivity contribution in [2.75, 3.05) is 37.7 Å². The summed E-state index contributed by atoms with van der Waals surface area (Å²) in [7, 11) is -2.00. The van der Waals surface area contributed by atoms with Crippen LogP contribution in [0.25, 0.3) is 0 Å². The number of para-hydroxylation sites is 1. The van der Waals surface area contributed by atoms with Crippen molar-refractivity contribution in [3.63, 3.8) is 0 Å². The van der Waals surface area contributed by atoms with Crippen LogP contribution in [-0.4, -0.2) is 52.6 Å². The number of fused-ring (bicyclic) bond motifs is 2. The molecule has 1 fully saturated rings. The molecule has 28 heavy (non-hydrogen) atoms. The first-order chi connectivity index (χ1) is 13.4. The van der Waals surface area contributed by atoms with Crippen molar-refractivity contribution in [1.82, 2.24) is 4.90 Å². The lowest BCUT2D eigenvalue weighted by Gasteiger charge is -2.39. The second kappa shape index (κ2) is 7.17. The van der Waals surface area contributed by atoms with Gasteiger partial charge in [-0.3, -0.25) is 9.10 Å². The highest BCUT2D eigenvalue weighted by Gasteiger charge is 2.57. The Kier molecular flexibility index (Phi) is 4.97. The van der Waals surface area contributed by atoms with Crippen molar-refractivity contribution < 1.29 is 17.9 Å². The molecule has 1 spiro atoms. The van der Waals surface area contributed by atoms with E-state index in [4.69, 9.17) is 4.74 Å². The van der Waals surface area contributed by atoms with Crippen molar-refractivity contribution >= 4 is 33.0 Å². The lowest BCUT2D eigenvalue weighted by atomic mass is 9.87. The van der Waals surface area contributed by atoms with Crippen LogP contribution in [0.4, 0.5) is 5.69 Å². The molecule has 2 aliphatic heterocycles. The van der Waals surface area contributed by atoms with Crippen molar-refractivity contribution in [1.29, 1.82) is 0 Å². The van der Waals surface area contributed by atoms with Crippen LogP contribution in [0.15, 0.2) is 35.7 Å². The Hall–Kier alpha value is -1.90. The van der Waals surface area contributed by atoms with Crippen LogP contribution in [0.1, 0.15) is 33.6 Å². The topological polar surface area (TPSA) is 66.9 Å². The first-order valence-corrected chi connectivity index (χ1v) is 11.7. The Morgan fingerprint density at radius 2 is 1.93 bits per heavy atom. The van der Waals surface area contributed by atoms with Gasteiger partial charge in [-0.05, 0) is 48.4 Å². The second-order valence-electron chi connectivity index (χ2n) is 7.31. The standard InChI is InChI=1S/C20H24N2O4S2/c1-15-7-14-27-18(15)19(23)21-10-8-20(9-11-21)16-5-3-4-6-17(16)22(12-13-26-2)28(20,24)25/h3-7,14H,8-13H2,1-2H3. The van der Waals surface area contributed by atoms with Crippen LogP contribution in [0.5, 0.6) is 0 Å². The minimum atomic E-state index is -3.57. The summed E-state index contributed by atoms with van der Waals surface area (Å²) in [6.45, 7) is 3.44. The zero-order chi connectivity index (χ0) is 19.9. The van der Waals surface area contributed by atoms with Gasteiger partial charge < -0.3 is 9.64 Å². The van der Waals surface area contributed by atoms with Gasteiger partial charge in [0.2, 0.25) is 10.0 Å². The zero-order valence-electron chi connectivity index (χ0n) is 16.1. The van der Waals surface area contributed by atoms with Gasteiger partial charge in [-0.15, -0.1) is 11.3 Å². The third kappa shape index (κ3) is 2.77. The maximum absolute atomic E-state index is 13.6. The summed E-state index contributed by atoms with van der Waals surface area (Å²) < 4.78 is 32.8. The Morgan fingerprint density at radius 1 is 1.21 bits per heavy atom. The monoisotopic (exact) mass is 420 g/mol. The third-order valence-electron chi connectivity index (χ3n) is 5.86. The number of amides is 1. The molecule has 0 saturated carbocycles. The number of benzene rings is 1. The molecule has 0 radical (unpaired) electrons. The molecular formula is C20H24N2O4S2. The van der Waals surface area contributed by atoms with Crippen molar-refractivity contribution in [2.45, 2.75) is 24.5 Å². The maximum Gasteiger partial charge on any atom is 0.264 e. The fraction of sp³-hybridized carbons (Fsp3) is 0.450. The molecule has 2 aliphatic rings. The summed E-state index contributed by atoms with van der Waals surface area (Å²) in [5.74, 6) is 0.00210. The summed E-state index contributed by atoms with van der Waals surface area (Å²) in [5, 5.41) is 1.92. The van der Waals surface area contributed by atoms with Crippen LogP contribution in [0, 0.1) is 6.92 Å². The number of likely N-dealkylation sites (tertiary alicyclic amines) is 1. The largest absolute Gasteiger partial charge is 0.383 e. The highest BCUT2D eigenvalue weighted by atomic mass is 32.2. The molecule has 0 N–H and O–H groups in total. The van der Waals surface area contributed by atoms with E-state index in [9.17, 15) is 13.2 Å². The molecule has 0 bridgehead atoms. The van der Waals surface area contributed by atoms with Crippen LogP contribution in [0.3, 0.4) is 0 Å².